The summed E-state index contributed by atoms with van der Waals surface area (Å²) in [6.45, 7) is 4.23. The molecule has 0 unspecified atom stereocenters. The molecule has 8 heteroatoms. The van der Waals surface area contributed by atoms with Gasteiger partial charge in [0.15, 0.2) is 0 Å². The Morgan fingerprint density at radius 2 is 2.00 bits per heavy atom. The number of likely N-dealkylation sites (N-methyl/N-ethyl adjacent to an activating group) is 1. The minimum absolute atomic E-state index is 0.0949. The van der Waals surface area contributed by atoms with E-state index in [9.17, 15) is 14.7 Å². The van der Waals surface area contributed by atoms with Gasteiger partial charge in [-0.1, -0.05) is 0 Å². The molecule has 0 aromatic rings. The van der Waals surface area contributed by atoms with E-state index in [2.05, 4.69) is 22.2 Å². The molecule has 0 radical (unpaired) electrons. The maximum Gasteiger partial charge on any atom is 0.239 e. The van der Waals surface area contributed by atoms with Crippen molar-refractivity contribution in [2.45, 2.75) is 68.8 Å². The van der Waals surface area contributed by atoms with Gasteiger partial charge in [-0.15, -0.1) is 0 Å². The third-order valence-corrected chi connectivity index (χ3v) is 7.15. The summed E-state index contributed by atoms with van der Waals surface area (Å²) in [5.74, 6) is 0.254. The second-order valence-electron chi connectivity index (χ2n) is 8.77. The first-order valence-corrected chi connectivity index (χ1v) is 10.8. The number of nitrogens with zero attached hydrogens (tertiary/aromatic N) is 3. The summed E-state index contributed by atoms with van der Waals surface area (Å²) in [7, 11) is 2.11. The van der Waals surface area contributed by atoms with E-state index < -0.39 is 0 Å². The number of fused-ring (bicyclic) bond motifs is 1. The summed E-state index contributed by atoms with van der Waals surface area (Å²) in [5.41, 5.74) is 0. The molecule has 0 aromatic carbocycles. The van der Waals surface area contributed by atoms with E-state index in [1.807, 2.05) is 0 Å². The van der Waals surface area contributed by atoms with Gasteiger partial charge in [-0.3, -0.25) is 19.4 Å². The molecular formula is C20H34N4O4. The fourth-order valence-electron chi connectivity index (χ4n) is 5.44. The molecule has 0 spiro atoms. The van der Waals surface area contributed by atoms with E-state index in [1.54, 1.807) is 4.90 Å². The highest BCUT2D eigenvalue weighted by Crippen LogP contribution is 2.31. The van der Waals surface area contributed by atoms with Crippen molar-refractivity contribution >= 4 is 11.8 Å². The zero-order valence-corrected chi connectivity index (χ0v) is 16.9. The Morgan fingerprint density at radius 1 is 1.21 bits per heavy atom. The van der Waals surface area contributed by atoms with E-state index >= 15 is 0 Å². The van der Waals surface area contributed by atoms with Gasteiger partial charge < -0.3 is 20.1 Å². The van der Waals surface area contributed by atoms with Crippen LogP contribution < -0.4 is 5.32 Å². The van der Waals surface area contributed by atoms with Gasteiger partial charge in [-0.2, -0.15) is 0 Å². The van der Waals surface area contributed by atoms with Crippen LogP contribution in [0.1, 0.15) is 38.5 Å². The maximum absolute atomic E-state index is 12.9. The smallest absolute Gasteiger partial charge is 0.239 e. The van der Waals surface area contributed by atoms with Crippen molar-refractivity contribution in [1.82, 2.24) is 20.0 Å². The quantitative estimate of drug-likeness (QED) is 0.663. The Balaban J connectivity index is 1.37. The minimum Gasteiger partial charge on any atom is -0.391 e. The predicted molar refractivity (Wildman–Crippen MR) is 104 cm³/mol. The number of carbonyl (C=O) groups is 2. The van der Waals surface area contributed by atoms with Crippen LogP contribution in [-0.2, 0) is 14.3 Å². The number of aliphatic hydroxyl groups is 1. The van der Waals surface area contributed by atoms with Crippen molar-refractivity contribution in [1.29, 1.82) is 0 Å². The van der Waals surface area contributed by atoms with Gasteiger partial charge in [-0.05, 0) is 39.2 Å². The van der Waals surface area contributed by atoms with Crippen LogP contribution in [0.2, 0.25) is 0 Å². The van der Waals surface area contributed by atoms with E-state index in [1.165, 1.54) is 0 Å². The van der Waals surface area contributed by atoms with E-state index in [0.29, 0.717) is 38.5 Å². The summed E-state index contributed by atoms with van der Waals surface area (Å²) in [5, 5.41) is 12.8. The Morgan fingerprint density at radius 3 is 2.71 bits per heavy atom. The predicted octanol–water partition coefficient (Wildman–Crippen LogP) is -0.588. The average molecular weight is 395 g/mol. The molecule has 4 aliphatic rings. The lowest BCUT2D eigenvalue weighted by atomic mass is 10.0. The largest absolute Gasteiger partial charge is 0.391 e. The zero-order valence-electron chi connectivity index (χ0n) is 16.9. The summed E-state index contributed by atoms with van der Waals surface area (Å²) < 4.78 is 5.50. The molecule has 28 heavy (non-hydrogen) atoms. The lowest BCUT2D eigenvalue weighted by molar-refractivity contribution is -0.131. The molecule has 8 nitrogen and oxygen atoms in total. The zero-order chi connectivity index (χ0) is 19.7. The molecule has 0 saturated carbocycles. The highest BCUT2D eigenvalue weighted by Gasteiger charge is 2.47. The SMILES string of the molecule is CN1[C@@H](CCC(=O)N2CC[C@@H](O)C2)CNC(=O)[C@@H]2[C@H]1CCN2C1CCOCC1. The molecule has 158 valence electrons. The van der Waals surface area contributed by atoms with Crippen LogP contribution in [0.15, 0.2) is 0 Å². The molecule has 4 aliphatic heterocycles. The third kappa shape index (κ3) is 4.06. The van der Waals surface area contributed by atoms with Crippen LogP contribution in [0.3, 0.4) is 0 Å². The van der Waals surface area contributed by atoms with Gasteiger partial charge in [-0.25, -0.2) is 0 Å². The topological polar surface area (TPSA) is 85.3 Å². The molecule has 0 aliphatic carbocycles. The Bertz CT molecular complexity index is 583. The van der Waals surface area contributed by atoms with Gasteiger partial charge in [0.05, 0.1) is 6.10 Å². The number of hydrogen-bond donors (Lipinski definition) is 2. The summed E-state index contributed by atoms with van der Waals surface area (Å²) in [6, 6.07) is 0.717. The highest BCUT2D eigenvalue weighted by atomic mass is 16.5. The Labute approximate surface area is 167 Å². The number of rotatable bonds is 4. The fourth-order valence-corrected chi connectivity index (χ4v) is 5.44. The number of aliphatic hydroxyl groups excluding tert-OH is 1. The van der Waals surface area contributed by atoms with Crippen molar-refractivity contribution in [3.63, 3.8) is 0 Å². The van der Waals surface area contributed by atoms with Gasteiger partial charge >= 0.3 is 0 Å². The van der Waals surface area contributed by atoms with Crippen molar-refractivity contribution in [3.05, 3.63) is 0 Å². The van der Waals surface area contributed by atoms with Crippen molar-refractivity contribution in [2.24, 2.45) is 0 Å². The fraction of sp³-hybridized carbons (Fsp3) is 0.900. The van der Waals surface area contributed by atoms with Crippen LogP contribution in [0.4, 0.5) is 0 Å². The number of nitrogens with one attached hydrogen (secondary N) is 1. The van der Waals surface area contributed by atoms with Gasteiger partial charge in [0, 0.05) is 63.9 Å². The average Bonchev–Trinajstić information content (AvgIpc) is 3.32. The molecule has 4 rings (SSSR count). The monoisotopic (exact) mass is 394 g/mol. The second-order valence-corrected chi connectivity index (χ2v) is 8.77. The van der Waals surface area contributed by atoms with Crippen LogP contribution in [0.5, 0.6) is 0 Å². The van der Waals surface area contributed by atoms with E-state index in [0.717, 1.165) is 45.4 Å². The summed E-state index contributed by atoms with van der Waals surface area (Å²) in [6.07, 6.45) is 4.51. The normalized spacial score (nSPS) is 35.6. The van der Waals surface area contributed by atoms with Crippen LogP contribution in [-0.4, -0.2) is 108 Å². The van der Waals surface area contributed by atoms with Crippen LogP contribution in [0.25, 0.3) is 0 Å². The van der Waals surface area contributed by atoms with E-state index in [-0.39, 0.29) is 36.0 Å². The van der Waals surface area contributed by atoms with Gasteiger partial charge in [0.25, 0.3) is 0 Å². The number of ether oxygens (including phenoxy) is 1. The molecule has 4 saturated heterocycles. The molecule has 0 aromatic heterocycles. The molecule has 4 heterocycles. The molecule has 4 fully saturated rings. The van der Waals surface area contributed by atoms with Crippen molar-refractivity contribution in [2.75, 3.05) is 46.4 Å². The van der Waals surface area contributed by atoms with Crippen molar-refractivity contribution in [3.8, 4) is 0 Å². The first-order chi connectivity index (χ1) is 13.5. The van der Waals surface area contributed by atoms with Crippen molar-refractivity contribution < 1.29 is 19.4 Å². The summed E-state index contributed by atoms with van der Waals surface area (Å²) in [4.78, 5) is 31.9. The van der Waals surface area contributed by atoms with Crippen LogP contribution in [0, 0.1) is 0 Å². The minimum atomic E-state index is -0.376. The van der Waals surface area contributed by atoms with Gasteiger partial charge in [0.2, 0.25) is 11.8 Å². The van der Waals surface area contributed by atoms with Gasteiger partial charge in [0.1, 0.15) is 6.04 Å². The van der Waals surface area contributed by atoms with Crippen LogP contribution >= 0.6 is 0 Å². The number of hydrogen-bond acceptors (Lipinski definition) is 6. The molecule has 2 amide bonds. The molecular weight excluding hydrogens is 360 g/mol. The first-order valence-electron chi connectivity index (χ1n) is 10.8. The standard InChI is InChI=1S/C20H34N4O4/c1-22-15(2-3-18(26)23-8-4-16(25)13-23)12-21-20(27)19-17(22)5-9-24(19)14-6-10-28-11-7-14/h14-17,19,25H,2-13H2,1H3,(H,21,27)/t15-,16+,17+,19-/m0/s1. The Kier molecular flexibility index (Phi) is 6.20. The third-order valence-electron chi connectivity index (χ3n) is 7.15. The lowest BCUT2D eigenvalue weighted by Crippen LogP contribution is -2.53. The number of carbonyl (C=O) groups excluding carboxylic acids is 2. The summed E-state index contributed by atoms with van der Waals surface area (Å²) >= 11 is 0. The molecule has 2 N–H and O–H groups in total. The highest BCUT2D eigenvalue weighted by molar-refractivity contribution is 5.83. The maximum atomic E-state index is 12.9. The molecule has 0 bridgehead atoms. The Hall–Kier alpha value is -1.22. The van der Waals surface area contributed by atoms with E-state index in [4.69, 9.17) is 4.74 Å². The second kappa shape index (κ2) is 8.65. The molecule has 4 atom stereocenters. The number of β-amino-alcohol motifs (C(OH)–C–C–N with tert-alkyl or cyclic N) is 1. The first kappa shape index (κ1) is 20.1. The number of amides is 2. The lowest BCUT2D eigenvalue weighted by Gasteiger charge is -2.37. The number of likely N-dealkylation sites (tertiary alicyclic amines) is 2.